The lowest BCUT2D eigenvalue weighted by Gasteiger charge is -2.25. The van der Waals surface area contributed by atoms with Crippen molar-refractivity contribution in [2.45, 2.75) is 69.1 Å². The zero-order valence-corrected chi connectivity index (χ0v) is 24.1. The van der Waals surface area contributed by atoms with Gasteiger partial charge in [0.15, 0.2) is 5.96 Å². The summed E-state index contributed by atoms with van der Waals surface area (Å²) in [5.41, 5.74) is 28.3. The third-order valence-electron chi connectivity index (χ3n) is 6.64. The van der Waals surface area contributed by atoms with Crippen molar-refractivity contribution in [3.8, 4) is 0 Å². The summed E-state index contributed by atoms with van der Waals surface area (Å²) in [6.07, 6.45) is 1.02. The summed E-state index contributed by atoms with van der Waals surface area (Å²) >= 11 is 0. The first-order valence-corrected chi connectivity index (χ1v) is 13.8. The number of primary amides is 2. The first-order valence-electron chi connectivity index (χ1n) is 13.8. The topological polar surface area (TPSA) is 317 Å². The quantitative estimate of drug-likeness (QED) is 0.0438. The lowest BCUT2D eigenvalue weighted by Crippen LogP contribution is -2.57. The highest BCUT2D eigenvalue weighted by atomic mass is 16.4. The molecule has 2 aromatic rings. The van der Waals surface area contributed by atoms with Crippen molar-refractivity contribution in [3.05, 3.63) is 36.0 Å². The van der Waals surface area contributed by atoms with Crippen LogP contribution >= 0.6 is 0 Å². The largest absolute Gasteiger partial charge is 0.480 e. The number of para-hydroxylation sites is 1. The molecule has 2 rings (SSSR count). The van der Waals surface area contributed by atoms with Crippen LogP contribution in [0.5, 0.6) is 0 Å². The molecule has 240 valence electrons. The molecule has 17 nitrogen and oxygen atoms in total. The number of carboxylic acids is 1. The van der Waals surface area contributed by atoms with E-state index in [1.54, 1.807) is 12.3 Å². The Labute approximate surface area is 252 Å². The average molecular weight is 617 g/mol. The molecule has 0 saturated carbocycles. The van der Waals surface area contributed by atoms with E-state index in [1.807, 2.05) is 18.2 Å². The van der Waals surface area contributed by atoms with Crippen molar-refractivity contribution >= 4 is 52.4 Å². The number of amides is 5. The number of benzene rings is 1. The van der Waals surface area contributed by atoms with E-state index in [-0.39, 0.29) is 57.5 Å². The van der Waals surface area contributed by atoms with E-state index in [4.69, 9.17) is 28.7 Å². The van der Waals surface area contributed by atoms with E-state index < -0.39 is 59.7 Å². The van der Waals surface area contributed by atoms with Gasteiger partial charge in [-0.2, -0.15) is 0 Å². The number of H-pyrrole nitrogens is 1. The Morgan fingerprint density at radius 1 is 0.795 bits per heavy atom. The van der Waals surface area contributed by atoms with Gasteiger partial charge in [-0.25, -0.2) is 4.79 Å². The molecule has 44 heavy (non-hydrogen) atoms. The molecule has 1 heterocycles. The second-order valence-electron chi connectivity index (χ2n) is 10.2. The van der Waals surface area contributed by atoms with Crippen LogP contribution in [0.1, 0.15) is 44.1 Å². The molecule has 0 spiro atoms. The molecular weight excluding hydrogens is 576 g/mol. The number of nitrogens with two attached hydrogens (primary N) is 5. The molecule has 17 heteroatoms. The van der Waals surface area contributed by atoms with Gasteiger partial charge in [0.1, 0.15) is 18.1 Å². The smallest absolute Gasteiger partial charge is 0.326 e. The molecule has 15 N–H and O–H groups in total. The highest BCUT2D eigenvalue weighted by molar-refractivity contribution is 5.94. The van der Waals surface area contributed by atoms with E-state index >= 15 is 0 Å². The van der Waals surface area contributed by atoms with Gasteiger partial charge in [-0.3, -0.25) is 29.0 Å². The van der Waals surface area contributed by atoms with Crippen molar-refractivity contribution in [3.63, 3.8) is 0 Å². The van der Waals surface area contributed by atoms with E-state index in [0.29, 0.717) is 5.56 Å². The standard InChI is InChI=1S/C27H40N10O7/c28-16(7-9-21(29)38)23(40)35-19(8-10-22(30)39)25(42)36-18(6-3-11-33-27(31)32)24(41)37-20(26(43)44)12-14-13-34-17-5-2-1-4-15(14)17/h1-2,4-5,13,16,18-20,34H,3,6-12,28H2,(H2,29,38)(H2,30,39)(H,35,40)(H,36,42)(H,37,41)(H,43,44)(H4,31,32,33). The van der Waals surface area contributed by atoms with Crippen LogP contribution in [0.25, 0.3) is 10.9 Å². The van der Waals surface area contributed by atoms with Gasteiger partial charge < -0.3 is 54.7 Å². The Hall–Kier alpha value is -5.19. The molecule has 0 saturated heterocycles. The normalized spacial score (nSPS) is 13.6. The fourth-order valence-electron chi connectivity index (χ4n) is 4.30. The molecule has 1 aromatic heterocycles. The maximum absolute atomic E-state index is 13.4. The summed E-state index contributed by atoms with van der Waals surface area (Å²) < 4.78 is 0. The molecule has 0 aliphatic rings. The Morgan fingerprint density at radius 2 is 1.36 bits per heavy atom. The van der Waals surface area contributed by atoms with Gasteiger partial charge in [-0.05, 0) is 37.3 Å². The predicted octanol–water partition coefficient (Wildman–Crippen LogP) is -2.84. The number of aliphatic carboxylic acids is 1. The number of nitrogens with one attached hydrogen (secondary N) is 4. The lowest BCUT2D eigenvalue weighted by molar-refractivity contribution is -0.142. The van der Waals surface area contributed by atoms with Crippen molar-refractivity contribution in [2.24, 2.45) is 33.7 Å². The molecule has 0 radical (unpaired) electrons. The van der Waals surface area contributed by atoms with Gasteiger partial charge in [-0.15, -0.1) is 0 Å². The highest BCUT2D eigenvalue weighted by Crippen LogP contribution is 2.19. The molecule has 1 aromatic carbocycles. The minimum Gasteiger partial charge on any atom is -0.480 e. The van der Waals surface area contributed by atoms with Crippen molar-refractivity contribution in [2.75, 3.05) is 6.54 Å². The molecule has 5 amide bonds. The summed E-state index contributed by atoms with van der Waals surface area (Å²) in [5.74, 6) is -5.36. The van der Waals surface area contributed by atoms with Crippen molar-refractivity contribution in [1.82, 2.24) is 20.9 Å². The predicted molar refractivity (Wildman–Crippen MR) is 160 cm³/mol. The third kappa shape index (κ3) is 11.6. The number of nitrogens with zero attached hydrogens (tertiary/aromatic N) is 1. The van der Waals surface area contributed by atoms with Crippen LogP contribution in [0, 0.1) is 0 Å². The number of carbonyl (C=O) groups is 6. The van der Waals surface area contributed by atoms with Gasteiger partial charge in [0, 0.05) is 42.9 Å². The number of aromatic amines is 1. The molecule has 0 aliphatic heterocycles. The van der Waals surface area contributed by atoms with E-state index in [1.165, 1.54) is 0 Å². The summed E-state index contributed by atoms with van der Waals surface area (Å²) in [6, 6.07) is 2.10. The zero-order chi connectivity index (χ0) is 32.8. The Morgan fingerprint density at radius 3 is 1.98 bits per heavy atom. The van der Waals surface area contributed by atoms with Crippen LogP contribution in [-0.4, -0.2) is 82.3 Å². The van der Waals surface area contributed by atoms with Gasteiger partial charge >= 0.3 is 5.97 Å². The number of fused-ring (bicyclic) bond motifs is 1. The summed E-state index contributed by atoms with van der Waals surface area (Å²) in [5, 5.41) is 18.1. The van der Waals surface area contributed by atoms with Crippen LogP contribution in [0.15, 0.2) is 35.5 Å². The van der Waals surface area contributed by atoms with Gasteiger partial charge in [0.05, 0.1) is 6.04 Å². The molecule has 0 bridgehead atoms. The first kappa shape index (κ1) is 35.0. The Kier molecular flexibility index (Phi) is 13.6. The number of carboxylic acid groups (broad SMARTS) is 1. The minimum atomic E-state index is -1.35. The van der Waals surface area contributed by atoms with Crippen LogP contribution in [0.2, 0.25) is 0 Å². The number of guanidine groups is 1. The molecule has 4 unspecified atom stereocenters. The average Bonchev–Trinajstić information content (AvgIpc) is 3.37. The van der Waals surface area contributed by atoms with E-state index in [9.17, 15) is 33.9 Å². The maximum Gasteiger partial charge on any atom is 0.326 e. The van der Waals surface area contributed by atoms with Crippen molar-refractivity contribution < 1.29 is 33.9 Å². The Balaban J connectivity index is 2.23. The van der Waals surface area contributed by atoms with Gasteiger partial charge in [0.2, 0.25) is 29.5 Å². The van der Waals surface area contributed by atoms with Crippen LogP contribution in [0.4, 0.5) is 0 Å². The fourth-order valence-corrected chi connectivity index (χ4v) is 4.30. The highest BCUT2D eigenvalue weighted by Gasteiger charge is 2.31. The van der Waals surface area contributed by atoms with Gasteiger partial charge in [-0.1, -0.05) is 18.2 Å². The number of rotatable bonds is 19. The summed E-state index contributed by atoms with van der Waals surface area (Å²) in [6.45, 7) is 0.107. The minimum absolute atomic E-state index is 0.0115. The number of hydrogen-bond donors (Lipinski definition) is 10. The fraction of sp³-hybridized carbons (Fsp3) is 0.444. The van der Waals surface area contributed by atoms with Crippen molar-refractivity contribution in [1.29, 1.82) is 0 Å². The number of carbonyl (C=O) groups excluding carboxylic acids is 5. The first-order chi connectivity index (χ1) is 20.8. The molecular formula is C27H40N10O7. The van der Waals surface area contributed by atoms with Crippen LogP contribution < -0.4 is 44.6 Å². The molecule has 4 atom stereocenters. The summed E-state index contributed by atoms with van der Waals surface area (Å²) in [7, 11) is 0. The second-order valence-corrected chi connectivity index (χ2v) is 10.2. The van der Waals surface area contributed by atoms with E-state index in [2.05, 4.69) is 25.9 Å². The second kappa shape index (κ2) is 17.1. The number of aliphatic imine (C=N–C) groups is 1. The summed E-state index contributed by atoms with van der Waals surface area (Å²) in [4.78, 5) is 80.8. The van der Waals surface area contributed by atoms with E-state index in [0.717, 1.165) is 10.9 Å². The third-order valence-corrected chi connectivity index (χ3v) is 6.64. The molecule has 0 aliphatic carbocycles. The zero-order valence-electron chi connectivity index (χ0n) is 24.1. The SMILES string of the molecule is NC(=O)CCC(N)C(=O)NC(CCC(N)=O)C(=O)NC(CCCN=C(N)N)C(=O)NC(Cc1c[nH]c2ccccc12)C(=O)O. The van der Waals surface area contributed by atoms with Gasteiger partial charge in [0.25, 0.3) is 0 Å². The monoisotopic (exact) mass is 616 g/mol. The maximum atomic E-state index is 13.4. The van der Waals surface area contributed by atoms with Crippen LogP contribution in [-0.2, 0) is 35.2 Å². The number of hydrogen-bond acceptors (Lipinski definition) is 8. The van der Waals surface area contributed by atoms with Crippen LogP contribution in [0.3, 0.4) is 0 Å². The number of aromatic nitrogens is 1. The Bertz CT molecular complexity index is 1370. The molecule has 0 fully saturated rings. The lowest BCUT2D eigenvalue weighted by atomic mass is 10.0.